The number of rotatable bonds is 12. The first-order valence-corrected chi connectivity index (χ1v) is 10.5. The van der Waals surface area contributed by atoms with Crippen molar-refractivity contribution in [2.45, 2.75) is 26.8 Å². The van der Waals surface area contributed by atoms with E-state index < -0.39 is 0 Å². The second-order valence-electron chi connectivity index (χ2n) is 7.22. The first kappa shape index (κ1) is 22.5. The molecule has 0 atom stereocenters. The number of quaternary nitrogens is 2. The number of ether oxygens (including phenoxy) is 3. The lowest BCUT2D eigenvalue weighted by Gasteiger charge is -2.30. The maximum atomic E-state index is 12.0. The summed E-state index contributed by atoms with van der Waals surface area (Å²) in [5, 5.41) is 2.91. The predicted octanol–water partition coefficient (Wildman–Crippen LogP) is -1.08. The molecule has 0 spiro atoms. The first-order valence-electron chi connectivity index (χ1n) is 10.5. The average molecular weight is 396 g/mol. The summed E-state index contributed by atoms with van der Waals surface area (Å²) in [6.45, 7) is 12.1. The van der Waals surface area contributed by atoms with E-state index in [1.54, 1.807) is 7.11 Å². The highest BCUT2D eigenvalue weighted by molar-refractivity contribution is 5.76. The van der Waals surface area contributed by atoms with Crippen molar-refractivity contribution in [1.29, 1.82) is 0 Å². The van der Waals surface area contributed by atoms with Crippen LogP contribution < -0.4 is 24.6 Å². The summed E-state index contributed by atoms with van der Waals surface area (Å²) < 4.78 is 16.8. The number of hydrogen-bond acceptors (Lipinski definition) is 4. The fraction of sp³-hybridized carbons (Fsp3) is 0.667. The number of carbonyl (C=O) groups is 1. The van der Waals surface area contributed by atoms with Gasteiger partial charge >= 0.3 is 0 Å². The highest BCUT2D eigenvalue weighted by Crippen LogP contribution is 2.31. The highest BCUT2D eigenvalue weighted by atomic mass is 16.5. The smallest absolute Gasteiger partial charge is 0.275 e. The van der Waals surface area contributed by atoms with Crippen LogP contribution in [0.1, 0.15) is 25.8 Å². The van der Waals surface area contributed by atoms with Gasteiger partial charge in [0.15, 0.2) is 18.0 Å². The Morgan fingerprint density at radius 2 is 1.82 bits per heavy atom. The Bertz CT molecular complexity index is 589. The summed E-state index contributed by atoms with van der Waals surface area (Å²) in [5.41, 5.74) is 1.20. The Morgan fingerprint density at radius 1 is 1.07 bits per heavy atom. The molecule has 28 heavy (non-hydrogen) atoms. The zero-order valence-corrected chi connectivity index (χ0v) is 17.6. The summed E-state index contributed by atoms with van der Waals surface area (Å²) in [7, 11) is 1.64. The van der Waals surface area contributed by atoms with Gasteiger partial charge in [-0.3, -0.25) is 4.79 Å². The third-order valence-electron chi connectivity index (χ3n) is 4.95. The van der Waals surface area contributed by atoms with Gasteiger partial charge in [0, 0.05) is 13.7 Å². The van der Waals surface area contributed by atoms with Gasteiger partial charge in [-0.25, -0.2) is 0 Å². The molecule has 1 heterocycles. The lowest BCUT2D eigenvalue weighted by molar-refractivity contribution is -1.02. The van der Waals surface area contributed by atoms with Crippen LogP contribution in [0.2, 0.25) is 0 Å². The maximum Gasteiger partial charge on any atom is 0.275 e. The molecule has 1 aromatic rings. The van der Waals surface area contributed by atoms with Crippen LogP contribution >= 0.6 is 0 Å². The number of methoxy groups -OCH3 is 1. The molecule has 0 unspecified atom stereocenters. The number of hydrogen-bond donors (Lipinski definition) is 3. The van der Waals surface area contributed by atoms with Gasteiger partial charge in [-0.1, -0.05) is 13.0 Å². The lowest BCUT2D eigenvalue weighted by Crippen LogP contribution is -3.28. The molecule has 0 saturated carbocycles. The van der Waals surface area contributed by atoms with Crippen LogP contribution in [0, 0.1) is 0 Å². The van der Waals surface area contributed by atoms with E-state index in [-0.39, 0.29) is 5.91 Å². The number of amides is 1. The molecule has 3 N–H and O–H groups in total. The van der Waals surface area contributed by atoms with Gasteiger partial charge in [-0.05, 0) is 25.5 Å². The molecule has 0 aromatic heterocycles. The zero-order chi connectivity index (χ0) is 20.2. The van der Waals surface area contributed by atoms with Crippen LogP contribution in [0.3, 0.4) is 0 Å². The van der Waals surface area contributed by atoms with Gasteiger partial charge in [-0.15, -0.1) is 0 Å². The number of para-hydroxylation sites is 1. The first-order chi connectivity index (χ1) is 13.7. The minimum atomic E-state index is 0.107. The SMILES string of the molecule is CCCOc1c(C[NH+]2CC[NH+](CC(=O)NCCOC)CC2)cccc1OCC. The molecule has 7 heteroatoms. The van der Waals surface area contributed by atoms with E-state index in [9.17, 15) is 4.79 Å². The van der Waals surface area contributed by atoms with E-state index in [2.05, 4.69) is 18.3 Å². The molecule has 1 aliphatic rings. The van der Waals surface area contributed by atoms with Crippen LogP contribution in [0.15, 0.2) is 18.2 Å². The largest absolute Gasteiger partial charge is 0.490 e. The predicted molar refractivity (Wildman–Crippen MR) is 108 cm³/mol. The Balaban J connectivity index is 1.86. The van der Waals surface area contributed by atoms with Gasteiger partial charge in [0.2, 0.25) is 0 Å². The molecule has 1 saturated heterocycles. The standard InChI is InChI=1S/C21H35N3O4/c1-4-14-28-21-18(7-6-8-19(21)27-5-2)16-23-10-12-24(13-11-23)17-20(25)22-9-15-26-3/h6-8H,4-5,9-17H2,1-3H3,(H,22,25)/p+2. The second-order valence-corrected chi connectivity index (χ2v) is 7.22. The van der Waals surface area contributed by atoms with Crippen molar-refractivity contribution >= 4 is 5.91 Å². The van der Waals surface area contributed by atoms with Crippen LogP contribution in [-0.4, -0.2) is 72.1 Å². The monoisotopic (exact) mass is 395 g/mol. The van der Waals surface area contributed by atoms with Crippen molar-refractivity contribution in [3.63, 3.8) is 0 Å². The number of piperazine rings is 1. The Hall–Kier alpha value is -1.83. The normalized spacial score (nSPS) is 19.2. The van der Waals surface area contributed by atoms with Crippen molar-refractivity contribution in [2.24, 2.45) is 0 Å². The third kappa shape index (κ3) is 7.30. The summed E-state index contributed by atoms with van der Waals surface area (Å²) in [5.74, 6) is 1.84. The van der Waals surface area contributed by atoms with Gasteiger partial charge in [0.05, 0.1) is 25.4 Å². The minimum absolute atomic E-state index is 0.107. The molecule has 1 aliphatic heterocycles. The van der Waals surface area contributed by atoms with E-state index in [0.29, 0.717) is 32.9 Å². The summed E-state index contributed by atoms with van der Waals surface area (Å²) >= 11 is 0. The Morgan fingerprint density at radius 3 is 2.50 bits per heavy atom. The molecule has 0 bridgehead atoms. The molecule has 1 amide bonds. The van der Waals surface area contributed by atoms with E-state index in [0.717, 1.165) is 50.6 Å². The number of carbonyl (C=O) groups excluding carboxylic acids is 1. The van der Waals surface area contributed by atoms with Crippen LogP contribution in [0.5, 0.6) is 11.5 Å². The quantitative estimate of drug-likeness (QED) is 0.394. The molecule has 0 radical (unpaired) electrons. The molecule has 1 fully saturated rings. The number of benzene rings is 1. The van der Waals surface area contributed by atoms with Crippen LogP contribution in [0.25, 0.3) is 0 Å². The summed E-state index contributed by atoms with van der Waals surface area (Å²) in [4.78, 5) is 14.9. The van der Waals surface area contributed by atoms with E-state index in [1.807, 2.05) is 19.1 Å². The number of nitrogens with one attached hydrogen (secondary N) is 3. The highest BCUT2D eigenvalue weighted by Gasteiger charge is 2.26. The van der Waals surface area contributed by atoms with E-state index in [1.165, 1.54) is 15.4 Å². The molecule has 2 rings (SSSR count). The topological polar surface area (TPSA) is 65.7 Å². The van der Waals surface area contributed by atoms with Crippen molar-refractivity contribution in [2.75, 3.05) is 66.2 Å². The molecular weight excluding hydrogens is 358 g/mol. The minimum Gasteiger partial charge on any atom is -0.490 e. The maximum absolute atomic E-state index is 12.0. The Kier molecular flexibility index (Phi) is 10.1. The van der Waals surface area contributed by atoms with Crippen molar-refractivity contribution in [3.8, 4) is 11.5 Å². The van der Waals surface area contributed by atoms with Crippen molar-refractivity contribution < 1.29 is 28.8 Å². The fourth-order valence-electron chi connectivity index (χ4n) is 3.50. The van der Waals surface area contributed by atoms with Crippen molar-refractivity contribution in [1.82, 2.24) is 5.32 Å². The van der Waals surface area contributed by atoms with Crippen LogP contribution in [-0.2, 0) is 16.1 Å². The zero-order valence-electron chi connectivity index (χ0n) is 17.6. The fourth-order valence-corrected chi connectivity index (χ4v) is 3.50. The van der Waals surface area contributed by atoms with Crippen molar-refractivity contribution in [3.05, 3.63) is 23.8 Å². The lowest BCUT2D eigenvalue weighted by atomic mass is 10.1. The summed E-state index contributed by atoms with van der Waals surface area (Å²) in [6.07, 6.45) is 0.973. The average Bonchev–Trinajstić information content (AvgIpc) is 2.69. The second kappa shape index (κ2) is 12.6. The molecule has 158 valence electrons. The molecule has 7 nitrogen and oxygen atoms in total. The van der Waals surface area contributed by atoms with Gasteiger partial charge in [-0.2, -0.15) is 0 Å². The molecule has 0 aliphatic carbocycles. The van der Waals surface area contributed by atoms with E-state index in [4.69, 9.17) is 14.2 Å². The van der Waals surface area contributed by atoms with Crippen LogP contribution in [0.4, 0.5) is 0 Å². The van der Waals surface area contributed by atoms with Gasteiger partial charge in [0.1, 0.15) is 32.7 Å². The third-order valence-corrected chi connectivity index (χ3v) is 4.95. The van der Waals surface area contributed by atoms with Gasteiger partial charge < -0.3 is 29.3 Å². The molecule has 1 aromatic carbocycles. The van der Waals surface area contributed by atoms with Gasteiger partial charge in [0.25, 0.3) is 5.91 Å². The Labute approximate surface area is 168 Å². The summed E-state index contributed by atoms with van der Waals surface area (Å²) in [6, 6.07) is 6.17. The van der Waals surface area contributed by atoms with E-state index >= 15 is 0 Å². The molecular formula is C21H37N3O4+2.